The third-order valence-electron chi connectivity index (χ3n) is 3.59. The van der Waals surface area contributed by atoms with Crippen molar-refractivity contribution >= 4 is 11.8 Å². The Morgan fingerprint density at radius 2 is 2.06 bits per heavy atom. The van der Waals surface area contributed by atoms with E-state index in [4.69, 9.17) is 0 Å². The predicted octanol–water partition coefficient (Wildman–Crippen LogP) is 1.86. The quantitative estimate of drug-likeness (QED) is 0.859. The van der Waals surface area contributed by atoms with Gasteiger partial charge in [-0.1, -0.05) is 30.3 Å². The van der Waals surface area contributed by atoms with Crippen LogP contribution < -0.4 is 5.32 Å². The van der Waals surface area contributed by atoms with Crippen molar-refractivity contribution in [2.75, 3.05) is 32.9 Å². The maximum atomic E-state index is 3.49. The predicted molar refractivity (Wildman–Crippen MR) is 76.7 cm³/mol. The standard InChI is InChI=1S/C14H22N2S/c1-16(13-10-15-11-14(13)17-2)9-8-12-6-4-3-5-7-12/h3-7,13-15H,8-11H2,1-2H3. The van der Waals surface area contributed by atoms with E-state index in [-0.39, 0.29) is 0 Å². The van der Waals surface area contributed by atoms with Gasteiger partial charge in [0.25, 0.3) is 0 Å². The molecule has 1 saturated heterocycles. The monoisotopic (exact) mass is 250 g/mol. The second-order valence-electron chi connectivity index (χ2n) is 4.72. The Labute approximate surface area is 109 Å². The van der Waals surface area contributed by atoms with E-state index >= 15 is 0 Å². The van der Waals surface area contributed by atoms with Crippen molar-refractivity contribution in [1.29, 1.82) is 0 Å². The lowest BCUT2D eigenvalue weighted by atomic mass is 10.1. The second-order valence-corrected chi connectivity index (χ2v) is 5.79. The average Bonchev–Trinajstić information content (AvgIpc) is 2.85. The highest BCUT2D eigenvalue weighted by Crippen LogP contribution is 2.19. The third-order valence-corrected chi connectivity index (χ3v) is 4.68. The van der Waals surface area contributed by atoms with E-state index in [1.165, 1.54) is 5.56 Å². The van der Waals surface area contributed by atoms with Crippen LogP contribution in [0.25, 0.3) is 0 Å². The van der Waals surface area contributed by atoms with Gasteiger partial charge in [-0.3, -0.25) is 0 Å². The lowest BCUT2D eigenvalue weighted by molar-refractivity contribution is 0.264. The summed E-state index contributed by atoms with van der Waals surface area (Å²) in [6.07, 6.45) is 3.37. The van der Waals surface area contributed by atoms with Crippen molar-refractivity contribution in [3.05, 3.63) is 35.9 Å². The minimum absolute atomic E-state index is 0.689. The largest absolute Gasteiger partial charge is 0.314 e. The van der Waals surface area contributed by atoms with Crippen LogP contribution in [0.1, 0.15) is 5.56 Å². The first-order chi connectivity index (χ1) is 8.31. The summed E-state index contributed by atoms with van der Waals surface area (Å²) in [5.74, 6) is 0. The zero-order valence-corrected chi connectivity index (χ0v) is 11.5. The maximum absolute atomic E-state index is 3.49. The third kappa shape index (κ3) is 3.47. The number of hydrogen-bond acceptors (Lipinski definition) is 3. The second kappa shape index (κ2) is 6.43. The maximum Gasteiger partial charge on any atom is 0.0348 e. The summed E-state index contributed by atoms with van der Waals surface area (Å²) < 4.78 is 0. The van der Waals surface area contributed by atoms with Gasteiger partial charge in [-0.05, 0) is 25.3 Å². The Morgan fingerprint density at radius 3 is 2.76 bits per heavy atom. The molecular weight excluding hydrogens is 228 g/mol. The molecule has 1 fully saturated rings. The van der Waals surface area contributed by atoms with Crippen LogP contribution in [0.2, 0.25) is 0 Å². The van der Waals surface area contributed by atoms with Crippen LogP contribution in [0, 0.1) is 0 Å². The summed E-state index contributed by atoms with van der Waals surface area (Å²) in [4.78, 5) is 2.51. The van der Waals surface area contributed by atoms with E-state index in [1.807, 2.05) is 11.8 Å². The van der Waals surface area contributed by atoms with E-state index in [0.29, 0.717) is 6.04 Å². The first-order valence-corrected chi connectivity index (χ1v) is 7.57. The molecule has 0 bridgehead atoms. The van der Waals surface area contributed by atoms with Gasteiger partial charge in [0.2, 0.25) is 0 Å². The SMILES string of the molecule is CSC1CNCC1N(C)CCc1ccccc1. The van der Waals surface area contributed by atoms with Gasteiger partial charge in [-0.15, -0.1) is 0 Å². The van der Waals surface area contributed by atoms with Gasteiger partial charge < -0.3 is 10.2 Å². The van der Waals surface area contributed by atoms with E-state index in [9.17, 15) is 0 Å². The summed E-state index contributed by atoms with van der Waals surface area (Å²) in [5.41, 5.74) is 1.44. The number of thioether (sulfide) groups is 1. The zero-order chi connectivity index (χ0) is 12.1. The molecule has 2 rings (SSSR count). The van der Waals surface area contributed by atoms with Gasteiger partial charge in [0.15, 0.2) is 0 Å². The van der Waals surface area contributed by atoms with E-state index in [1.54, 1.807) is 0 Å². The molecule has 2 atom stereocenters. The van der Waals surface area contributed by atoms with Crippen molar-refractivity contribution in [3.8, 4) is 0 Å². The molecule has 1 aliphatic rings. The molecular formula is C14H22N2S. The van der Waals surface area contributed by atoms with Gasteiger partial charge in [0.05, 0.1) is 0 Å². The lowest BCUT2D eigenvalue weighted by Crippen LogP contribution is -2.40. The molecule has 0 aliphatic carbocycles. The van der Waals surface area contributed by atoms with Gasteiger partial charge in [-0.25, -0.2) is 0 Å². The lowest BCUT2D eigenvalue weighted by Gasteiger charge is -2.27. The van der Waals surface area contributed by atoms with Crippen LogP contribution in [-0.4, -0.2) is 49.1 Å². The van der Waals surface area contributed by atoms with E-state index in [2.05, 4.69) is 53.9 Å². The van der Waals surface area contributed by atoms with Crippen LogP contribution in [0.3, 0.4) is 0 Å². The molecule has 94 valence electrons. The van der Waals surface area contributed by atoms with Gasteiger partial charge in [0, 0.05) is 30.9 Å². The van der Waals surface area contributed by atoms with Gasteiger partial charge >= 0.3 is 0 Å². The highest BCUT2D eigenvalue weighted by molar-refractivity contribution is 7.99. The topological polar surface area (TPSA) is 15.3 Å². The minimum atomic E-state index is 0.689. The number of rotatable bonds is 5. The van der Waals surface area contributed by atoms with Crippen LogP contribution >= 0.6 is 11.8 Å². The molecule has 2 unspecified atom stereocenters. The van der Waals surface area contributed by atoms with Crippen molar-refractivity contribution in [2.24, 2.45) is 0 Å². The fraction of sp³-hybridized carbons (Fsp3) is 0.571. The number of nitrogens with zero attached hydrogens (tertiary/aromatic N) is 1. The normalized spacial score (nSPS) is 24.4. The minimum Gasteiger partial charge on any atom is -0.314 e. The Morgan fingerprint density at radius 1 is 1.29 bits per heavy atom. The Hall–Kier alpha value is -0.510. The fourth-order valence-corrected chi connectivity index (χ4v) is 3.34. The average molecular weight is 250 g/mol. The highest BCUT2D eigenvalue weighted by Gasteiger charge is 2.28. The molecule has 0 radical (unpaired) electrons. The summed E-state index contributed by atoms with van der Waals surface area (Å²) >= 11 is 1.99. The smallest absolute Gasteiger partial charge is 0.0348 e. The van der Waals surface area contributed by atoms with Gasteiger partial charge in [0.1, 0.15) is 0 Å². The molecule has 1 N–H and O–H groups in total. The molecule has 0 spiro atoms. The van der Waals surface area contributed by atoms with Crippen LogP contribution in [0.5, 0.6) is 0 Å². The number of hydrogen-bond donors (Lipinski definition) is 1. The molecule has 1 aromatic carbocycles. The van der Waals surface area contributed by atoms with Crippen molar-refractivity contribution in [1.82, 2.24) is 10.2 Å². The van der Waals surface area contributed by atoms with Crippen molar-refractivity contribution in [2.45, 2.75) is 17.7 Å². The Balaban J connectivity index is 1.83. The van der Waals surface area contributed by atoms with E-state index in [0.717, 1.165) is 31.3 Å². The summed E-state index contributed by atoms with van der Waals surface area (Å²) in [5, 5.41) is 4.24. The zero-order valence-electron chi connectivity index (χ0n) is 10.7. The number of benzene rings is 1. The summed E-state index contributed by atoms with van der Waals surface area (Å²) in [6, 6.07) is 11.4. The molecule has 0 aromatic heterocycles. The Bertz CT molecular complexity index is 328. The molecule has 1 aliphatic heterocycles. The van der Waals surface area contributed by atoms with E-state index < -0.39 is 0 Å². The number of likely N-dealkylation sites (N-methyl/N-ethyl adjacent to an activating group) is 1. The van der Waals surface area contributed by atoms with Crippen LogP contribution in [0.15, 0.2) is 30.3 Å². The fourth-order valence-electron chi connectivity index (χ4n) is 2.44. The Kier molecular flexibility index (Phi) is 4.89. The molecule has 1 aromatic rings. The van der Waals surface area contributed by atoms with Crippen molar-refractivity contribution < 1.29 is 0 Å². The van der Waals surface area contributed by atoms with Crippen LogP contribution in [-0.2, 0) is 6.42 Å². The van der Waals surface area contributed by atoms with Gasteiger partial charge in [-0.2, -0.15) is 11.8 Å². The molecule has 3 heteroatoms. The highest BCUT2D eigenvalue weighted by atomic mass is 32.2. The molecule has 2 nitrogen and oxygen atoms in total. The van der Waals surface area contributed by atoms with Crippen molar-refractivity contribution in [3.63, 3.8) is 0 Å². The van der Waals surface area contributed by atoms with Crippen LogP contribution in [0.4, 0.5) is 0 Å². The molecule has 1 heterocycles. The molecule has 17 heavy (non-hydrogen) atoms. The molecule has 0 amide bonds. The molecule has 0 saturated carbocycles. The first kappa shape index (κ1) is 12.9. The summed E-state index contributed by atoms with van der Waals surface area (Å²) in [6.45, 7) is 3.44. The first-order valence-electron chi connectivity index (χ1n) is 6.29. The summed E-state index contributed by atoms with van der Waals surface area (Å²) in [7, 11) is 2.25. The number of nitrogens with one attached hydrogen (secondary N) is 1.